The topological polar surface area (TPSA) is 93.9 Å². The lowest BCUT2D eigenvalue weighted by molar-refractivity contribution is 0.211. The van der Waals surface area contributed by atoms with E-state index in [1.54, 1.807) is 18.2 Å². The first-order valence-corrected chi connectivity index (χ1v) is 11.6. The Kier molecular flexibility index (Phi) is 5.76. The van der Waals surface area contributed by atoms with E-state index in [9.17, 15) is 18.0 Å². The van der Waals surface area contributed by atoms with Crippen LogP contribution in [0.1, 0.15) is 0 Å². The van der Waals surface area contributed by atoms with Crippen LogP contribution < -0.4 is 14.0 Å². The number of amides is 1. The number of ether oxygens (including phenoxy) is 1. The Morgan fingerprint density at radius 2 is 1.71 bits per heavy atom. The Morgan fingerprint density at radius 3 is 2.42 bits per heavy atom. The van der Waals surface area contributed by atoms with E-state index in [4.69, 9.17) is 32.4 Å². The molecule has 4 aromatic rings. The highest BCUT2D eigenvalue weighted by Crippen LogP contribution is 2.32. The number of sulfonamides is 1. The molecule has 0 saturated carbocycles. The third-order valence-corrected chi connectivity index (χ3v) is 7.31. The minimum atomic E-state index is -4.46. The first-order chi connectivity index (χ1) is 14.8. The van der Waals surface area contributed by atoms with Crippen molar-refractivity contribution < 1.29 is 22.4 Å². The fourth-order valence-corrected chi connectivity index (χ4v) is 5.11. The Morgan fingerprint density at radius 1 is 0.968 bits per heavy atom. The van der Waals surface area contributed by atoms with Crippen molar-refractivity contribution in [3.8, 4) is 5.75 Å². The van der Waals surface area contributed by atoms with Crippen LogP contribution in [0.25, 0.3) is 10.3 Å². The molecule has 0 saturated heterocycles. The number of hydrogen-bond acceptors (Lipinski definition) is 7. The highest BCUT2D eigenvalue weighted by atomic mass is 35.5. The fraction of sp³-hybridized carbons (Fsp3) is 0. The smallest absolute Gasteiger partial charge is 0.414 e. The van der Waals surface area contributed by atoms with Gasteiger partial charge >= 0.3 is 11.0 Å². The molecule has 31 heavy (non-hydrogen) atoms. The van der Waals surface area contributed by atoms with E-state index in [1.165, 1.54) is 42.5 Å². The lowest BCUT2D eigenvalue weighted by Gasteiger charge is -2.22. The van der Waals surface area contributed by atoms with E-state index < -0.39 is 21.1 Å². The predicted molar refractivity (Wildman–Crippen MR) is 119 cm³/mol. The number of fused-ring (bicyclic) bond motifs is 1. The van der Waals surface area contributed by atoms with E-state index in [2.05, 4.69) is 0 Å². The fourth-order valence-electron chi connectivity index (χ4n) is 2.70. The van der Waals surface area contributed by atoms with Gasteiger partial charge in [0.2, 0.25) is 0 Å². The van der Waals surface area contributed by atoms with Crippen molar-refractivity contribution in [2.75, 3.05) is 4.31 Å². The number of halogens is 2. The normalized spacial score (nSPS) is 11.4. The highest BCUT2D eigenvalue weighted by molar-refractivity contribution is 7.93. The van der Waals surface area contributed by atoms with Crippen molar-refractivity contribution >= 4 is 66.6 Å². The van der Waals surface area contributed by atoms with E-state index in [-0.39, 0.29) is 32.0 Å². The van der Waals surface area contributed by atoms with Crippen LogP contribution in [-0.2, 0) is 10.0 Å². The number of hydrogen-bond donors (Lipinski definition) is 0. The van der Waals surface area contributed by atoms with Gasteiger partial charge in [-0.25, -0.2) is 18.0 Å². The summed E-state index contributed by atoms with van der Waals surface area (Å²) >= 11 is 12.7. The van der Waals surface area contributed by atoms with Gasteiger partial charge < -0.3 is 9.15 Å². The van der Waals surface area contributed by atoms with Crippen LogP contribution in [0.2, 0.25) is 10.0 Å². The van der Waals surface area contributed by atoms with Gasteiger partial charge in [0.15, 0.2) is 0 Å². The quantitative estimate of drug-likeness (QED) is 0.368. The van der Waals surface area contributed by atoms with Crippen LogP contribution in [0, 0.1) is 0 Å². The van der Waals surface area contributed by atoms with Crippen LogP contribution in [0.5, 0.6) is 5.75 Å². The largest absolute Gasteiger partial charge is 0.434 e. The van der Waals surface area contributed by atoms with Crippen LogP contribution in [0.3, 0.4) is 0 Å². The van der Waals surface area contributed by atoms with Crippen LogP contribution >= 0.6 is 34.5 Å². The lowest BCUT2D eigenvalue weighted by atomic mass is 10.3. The van der Waals surface area contributed by atoms with Gasteiger partial charge in [-0.1, -0.05) is 52.7 Å². The summed E-state index contributed by atoms with van der Waals surface area (Å²) in [5.74, 6) is 0.149. The summed E-state index contributed by atoms with van der Waals surface area (Å²) in [6.07, 6.45) is -1.17. The van der Waals surface area contributed by atoms with Gasteiger partial charge in [-0.3, -0.25) is 0 Å². The number of para-hydroxylation sites is 1. The van der Waals surface area contributed by atoms with Gasteiger partial charge in [0.05, 0.1) is 25.3 Å². The number of benzene rings is 3. The second kappa shape index (κ2) is 8.35. The minimum Gasteiger partial charge on any atom is -0.414 e. The van der Waals surface area contributed by atoms with E-state index in [0.717, 1.165) is 17.4 Å². The van der Waals surface area contributed by atoms with Crippen LogP contribution in [0.15, 0.2) is 80.8 Å². The minimum absolute atomic E-state index is 0.00243. The molecule has 0 aliphatic heterocycles. The molecule has 1 amide bonds. The van der Waals surface area contributed by atoms with Crippen molar-refractivity contribution in [1.82, 2.24) is 0 Å². The standard InChI is InChI=1S/C20H11Cl2NO6S2/c21-15-8-7-14(11-16(15)22)31(26,27)23(19(24)28-13-4-2-1-3-5-13)12-6-9-17-18(10-12)30-20(25)29-17/h1-11H. The molecule has 4 rings (SSSR count). The molecule has 1 aromatic heterocycles. The molecule has 7 nitrogen and oxygen atoms in total. The molecule has 0 radical (unpaired) electrons. The van der Waals surface area contributed by atoms with Gasteiger partial charge in [-0.15, -0.1) is 0 Å². The maximum Gasteiger partial charge on any atom is 0.434 e. The molecule has 0 aliphatic carbocycles. The van der Waals surface area contributed by atoms with Crippen molar-refractivity contribution in [2.24, 2.45) is 0 Å². The third kappa shape index (κ3) is 4.31. The molecule has 11 heteroatoms. The zero-order valence-corrected chi connectivity index (χ0v) is 18.5. The predicted octanol–water partition coefficient (Wildman–Crippen LogP) is 5.56. The first kappa shape index (κ1) is 21.4. The molecule has 0 spiro atoms. The molecule has 3 aromatic carbocycles. The Bertz CT molecular complexity index is 1450. The maximum atomic E-state index is 13.4. The summed E-state index contributed by atoms with van der Waals surface area (Å²) < 4.78 is 38.0. The summed E-state index contributed by atoms with van der Waals surface area (Å²) in [5, 5.41) is 0.159. The van der Waals surface area contributed by atoms with Crippen molar-refractivity contribution in [3.05, 3.63) is 86.5 Å². The number of rotatable bonds is 4. The molecular formula is C20H11Cl2NO6S2. The Hall–Kier alpha value is -2.85. The first-order valence-electron chi connectivity index (χ1n) is 8.56. The summed E-state index contributed by atoms with van der Waals surface area (Å²) in [4.78, 5) is 23.7. The molecule has 158 valence electrons. The summed E-state index contributed by atoms with van der Waals surface area (Å²) in [7, 11) is -4.46. The molecule has 1 heterocycles. The Balaban J connectivity index is 1.85. The van der Waals surface area contributed by atoms with Crippen LogP contribution in [0.4, 0.5) is 10.5 Å². The SMILES string of the molecule is O=C(Oc1ccccc1)N(c1ccc2oc(=O)sc2c1)S(=O)(=O)c1ccc(Cl)c(Cl)c1. The summed E-state index contributed by atoms with van der Waals surface area (Å²) in [6, 6.07) is 15.8. The molecule has 0 aliphatic rings. The molecule has 0 fully saturated rings. The van der Waals surface area contributed by atoms with Gasteiger partial charge in [0, 0.05) is 0 Å². The zero-order chi connectivity index (χ0) is 22.2. The zero-order valence-electron chi connectivity index (χ0n) is 15.3. The maximum absolute atomic E-state index is 13.4. The Labute approximate surface area is 190 Å². The summed E-state index contributed by atoms with van der Waals surface area (Å²) in [5.41, 5.74) is 0.221. The number of nitrogens with zero attached hydrogens (tertiary/aromatic N) is 1. The van der Waals surface area contributed by atoms with Crippen molar-refractivity contribution in [3.63, 3.8) is 0 Å². The highest BCUT2D eigenvalue weighted by Gasteiger charge is 2.33. The number of anilines is 1. The molecule has 0 unspecified atom stereocenters. The molecule has 0 bridgehead atoms. The second-order valence-electron chi connectivity index (χ2n) is 6.11. The van der Waals surface area contributed by atoms with E-state index in [1.807, 2.05) is 0 Å². The third-order valence-electron chi connectivity index (χ3n) is 4.09. The molecular weight excluding hydrogens is 485 g/mol. The van der Waals surface area contributed by atoms with Gasteiger partial charge in [0.25, 0.3) is 10.0 Å². The lowest BCUT2D eigenvalue weighted by Crippen LogP contribution is -2.39. The molecule has 0 atom stereocenters. The van der Waals surface area contributed by atoms with Crippen LogP contribution in [-0.4, -0.2) is 14.5 Å². The van der Waals surface area contributed by atoms with E-state index in [0.29, 0.717) is 9.01 Å². The van der Waals surface area contributed by atoms with Crippen molar-refractivity contribution in [1.29, 1.82) is 0 Å². The number of carbonyl (C=O) groups is 1. The monoisotopic (exact) mass is 495 g/mol. The van der Waals surface area contributed by atoms with Gasteiger partial charge in [-0.05, 0) is 48.5 Å². The second-order valence-corrected chi connectivity index (χ2v) is 9.69. The molecule has 0 N–H and O–H groups in total. The van der Waals surface area contributed by atoms with Crippen molar-refractivity contribution in [2.45, 2.75) is 4.90 Å². The summed E-state index contributed by atoms with van der Waals surface area (Å²) in [6.45, 7) is 0. The average Bonchev–Trinajstić information content (AvgIpc) is 3.10. The average molecular weight is 496 g/mol. The van der Waals surface area contributed by atoms with Gasteiger partial charge in [0.1, 0.15) is 11.3 Å². The van der Waals surface area contributed by atoms with E-state index >= 15 is 0 Å². The van der Waals surface area contributed by atoms with Gasteiger partial charge in [-0.2, -0.15) is 4.31 Å². The number of carbonyl (C=O) groups excluding carboxylic acids is 1.